The lowest BCUT2D eigenvalue weighted by Crippen LogP contribution is -2.06. The van der Waals surface area contributed by atoms with Crippen molar-refractivity contribution < 1.29 is 0 Å². The van der Waals surface area contributed by atoms with Crippen LogP contribution in [0.3, 0.4) is 0 Å². The number of hydrogen-bond acceptors (Lipinski definition) is 2. The molecule has 0 aliphatic carbocycles. The largest absolute Gasteiger partial charge is 0.316 e. The number of thioether (sulfide) groups is 1. The van der Waals surface area contributed by atoms with Crippen LogP contribution in [0.1, 0.15) is 11.1 Å². The molecule has 0 saturated carbocycles. The molecule has 0 fully saturated rings. The molecule has 0 aliphatic rings. The summed E-state index contributed by atoms with van der Waals surface area (Å²) in [5, 5.41) is 3.21. The monoisotopic (exact) mass is 321 g/mol. The highest BCUT2D eigenvalue weighted by atomic mass is 79.9. The molecule has 0 atom stereocenters. The predicted molar refractivity (Wildman–Crippen MR) is 82.9 cm³/mol. The quantitative estimate of drug-likeness (QED) is 0.816. The van der Waals surface area contributed by atoms with E-state index in [1.165, 1.54) is 16.0 Å². The topological polar surface area (TPSA) is 12.0 Å². The highest BCUT2D eigenvalue weighted by Gasteiger charge is 2.04. The molecule has 0 unspecified atom stereocenters. The third-order valence-electron chi connectivity index (χ3n) is 2.63. The van der Waals surface area contributed by atoms with Crippen LogP contribution in [0.4, 0.5) is 0 Å². The van der Waals surface area contributed by atoms with Crippen molar-refractivity contribution in [3.8, 4) is 0 Å². The summed E-state index contributed by atoms with van der Waals surface area (Å²) in [6.07, 6.45) is 0. The molecule has 18 heavy (non-hydrogen) atoms. The molecule has 0 heterocycles. The Labute approximate surface area is 121 Å². The second-order valence-electron chi connectivity index (χ2n) is 4.06. The van der Waals surface area contributed by atoms with Gasteiger partial charge in [0.25, 0.3) is 0 Å². The number of nitrogens with one attached hydrogen (secondary N) is 1. The Hall–Kier alpha value is -0.770. The molecular formula is C15H16BrNS. The maximum atomic E-state index is 3.54. The van der Waals surface area contributed by atoms with Crippen molar-refractivity contribution in [2.24, 2.45) is 0 Å². The zero-order chi connectivity index (χ0) is 12.8. The van der Waals surface area contributed by atoms with Gasteiger partial charge in [0.2, 0.25) is 0 Å². The summed E-state index contributed by atoms with van der Waals surface area (Å²) in [7, 11) is 1.98. The van der Waals surface area contributed by atoms with Gasteiger partial charge in [0, 0.05) is 21.7 Å². The summed E-state index contributed by atoms with van der Waals surface area (Å²) >= 11 is 5.42. The molecule has 94 valence electrons. The van der Waals surface area contributed by atoms with Crippen LogP contribution in [0.15, 0.2) is 57.9 Å². The first-order valence-corrected chi connectivity index (χ1v) is 7.67. The Kier molecular flexibility index (Phi) is 5.29. The fourth-order valence-electron chi connectivity index (χ4n) is 1.73. The Morgan fingerprint density at radius 3 is 2.61 bits per heavy atom. The lowest BCUT2D eigenvalue weighted by molar-refractivity contribution is 0.803. The van der Waals surface area contributed by atoms with Crippen molar-refractivity contribution in [3.05, 3.63) is 64.1 Å². The van der Waals surface area contributed by atoms with Crippen LogP contribution in [0.25, 0.3) is 0 Å². The smallest absolute Gasteiger partial charge is 0.0232 e. The van der Waals surface area contributed by atoms with E-state index < -0.39 is 0 Å². The van der Waals surface area contributed by atoms with E-state index in [9.17, 15) is 0 Å². The average molecular weight is 322 g/mol. The van der Waals surface area contributed by atoms with E-state index in [0.717, 1.165) is 16.8 Å². The molecule has 2 rings (SSSR count). The lowest BCUT2D eigenvalue weighted by Gasteiger charge is -2.09. The summed E-state index contributed by atoms with van der Waals surface area (Å²) in [4.78, 5) is 1.34. The minimum absolute atomic E-state index is 0.907. The van der Waals surface area contributed by atoms with Gasteiger partial charge in [-0.15, -0.1) is 11.8 Å². The molecule has 3 heteroatoms. The van der Waals surface area contributed by atoms with Gasteiger partial charge in [-0.25, -0.2) is 0 Å². The van der Waals surface area contributed by atoms with E-state index in [1.54, 1.807) is 0 Å². The molecule has 0 radical (unpaired) electrons. The highest BCUT2D eigenvalue weighted by Crippen LogP contribution is 2.29. The molecule has 0 aromatic heterocycles. The number of rotatable bonds is 5. The maximum Gasteiger partial charge on any atom is 0.0232 e. The molecule has 0 amide bonds. The Bertz CT molecular complexity index is 499. The van der Waals surface area contributed by atoms with Crippen molar-refractivity contribution in [3.63, 3.8) is 0 Å². The zero-order valence-corrected chi connectivity index (χ0v) is 12.7. The normalized spacial score (nSPS) is 10.6. The second-order valence-corrected chi connectivity index (χ2v) is 5.99. The molecule has 0 aliphatic heterocycles. The van der Waals surface area contributed by atoms with E-state index in [-0.39, 0.29) is 0 Å². The minimum atomic E-state index is 0.907. The first kappa shape index (κ1) is 13.7. The van der Waals surface area contributed by atoms with Crippen LogP contribution < -0.4 is 5.32 Å². The average Bonchev–Trinajstić information content (AvgIpc) is 2.40. The van der Waals surface area contributed by atoms with Gasteiger partial charge in [0.1, 0.15) is 0 Å². The standard InChI is InChI=1S/C15H16BrNS/c1-17-10-13-7-8-14(16)9-15(13)18-11-12-5-3-2-4-6-12/h2-9,17H,10-11H2,1H3. The van der Waals surface area contributed by atoms with Crippen molar-refractivity contribution in [1.82, 2.24) is 5.32 Å². The number of hydrogen-bond donors (Lipinski definition) is 1. The number of benzene rings is 2. The minimum Gasteiger partial charge on any atom is -0.316 e. The molecule has 2 aromatic carbocycles. The SMILES string of the molecule is CNCc1ccc(Br)cc1SCc1ccccc1. The molecule has 0 spiro atoms. The van der Waals surface area contributed by atoms with Crippen LogP contribution in [-0.2, 0) is 12.3 Å². The molecule has 0 bridgehead atoms. The van der Waals surface area contributed by atoms with Gasteiger partial charge >= 0.3 is 0 Å². The van der Waals surface area contributed by atoms with Gasteiger partial charge in [0.05, 0.1) is 0 Å². The van der Waals surface area contributed by atoms with Gasteiger partial charge in [-0.1, -0.05) is 52.3 Å². The van der Waals surface area contributed by atoms with E-state index in [2.05, 4.69) is 69.8 Å². The van der Waals surface area contributed by atoms with E-state index in [1.807, 2.05) is 18.8 Å². The molecule has 1 N–H and O–H groups in total. The van der Waals surface area contributed by atoms with Gasteiger partial charge in [-0.05, 0) is 30.3 Å². The van der Waals surface area contributed by atoms with Crippen molar-refractivity contribution in [2.75, 3.05) is 7.05 Å². The summed E-state index contributed by atoms with van der Waals surface area (Å²) in [6, 6.07) is 17.0. The van der Waals surface area contributed by atoms with Gasteiger partial charge < -0.3 is 5.32 Å². The Morgan fingerprint density at radius 1 is 1.11 bits per heavy atom. The maximum absolute atomic E-state index is 3.54. The third kappa shape index (κ3) is 3.87. The molecule has 1 nitrogen and oxygen atoms in total. The van der Waals surface area contributed by atoms with Crippen molar-refractivity contribution >= 4 is 27.7 Å². The Balaban J connectivity index is 2.10. The summed E-state index contributed by atoms with van der Waals surface area (Å²) in [6.45, 7) is 0.907. The molecule has 2 aromatic rings. The second kappa shape index (κ2) is 6.98. The van der Waals surface area contributed by atoms with Crippen LogP contribution in [-0.4, -0.2) is 7.05 Å². The van der Waals surface area contributed by atoms with Crippen LogP contribution in [0, 0.1) is 0 Å². The summed E-state index contributed by atoms with van der Waals surface area (Å²) in [5.41, 5.74) is 2.71. The first-order chi connectivity index (χ1) is 8.79. The summed E-state index contributed by atoms with van der Waals surface area (Å²) < 4.78 is 1.14. The summed E-state index contributed by atoms with van der Waals surface area (Å²) in [5.74, 6) is 1.01. The van der Waals surface area contributed by atoms with Gasteiger partial charge in [-0.3, -0.25) is 0 Å². The van der Waals surface area contributed by atoms with E-state index >= 15 is 0 Å². The molecule has 0 saturated heterocycles. The van der Waals surface area contributed by atoms with Crippen molar-refractivity contribution in [1.29, 1.82) is 0 Å². The fourth-order valence-corrected chi connectivity index (χ4v) is 3.30. The predicted octanol–water partition coefficient (Wildman–Crippen LogP) is 4.46. The highest BCUT2D eigenvalue weighted by molar-refractivity contribution is 9.10. The van der Waals surface area contributed by atoms with Gasteiger partial charge in [0.15, 0.2) is 0 Å². The lowest BCUT2D eigenvalue weighted by atomic mass is 10.2. The Morgan fingerprint density at radius 2 is 1.89 bits per heavy atom. The van der Waals surface area contributed by atoms with E-state index in [4.69, 9.17) is 0 Å². The van der Waals surface area contributed by atoms with Crippen LogP contribution in [0.5, 0.6) is 0 Å². The van der Waals surface area contributed by atoms with Crippen molar-refractivity contribution in [2.45, 2.75) is 17.2 Å². The fraction of sp³-hybridized carbons (Fsp3) is 0.200. The first-order valence-electron chi connectivity index (χ1n) is 5.89. The number of halogens is 1. The van der Waals surface area contributed by atoms with Gasteiger partial charge in [-0.2, -0.15) is 0 Å². The van der Waals surface area contributed by atoms with Crippen LogP contribution in [0.2, 0.25) is 0 Å². The zero-order valence-electron chi connectivity index (χ0n) is 10.3. The molecular weight excluding hydrogens is 306 g/mol. The van der Waals surface area contributed by atoms with Crippen LogP contribution >= 0.6 is 27.7 Å². The third-order valence-corrected chi connectivity index (χ3v) is 4.30. The van der Waals surface area contributed by atoms with E-state index in [0.29, 0.717) is 0 Å².